The van der Waals surface area contributed by atoms with Crippen LogP contribution in [0.5, 0.6) is 5.75 Å². The highest BCUT2D eigenvalue weighted by Gasteiger charge is 2.25. The molecule has 1 rings (SSSR count). The highest BCUT2D eigenvalue weighted by Crippen LogP contribution is 2.31. The number of hydrogen-bond acceptors (Lipinski definition) is 3. The standard InChI is InChI=1S/C11H17NO2/c1-7-4-8(2)10(9(14)5-7)11(3,12)6-13/h4-5,13-14H,6,12H2,1-3H3/t11-/m1/s1. The molecule has 0 aliphatic rings. The Morgan fingerprint density at radius 3 is 2.36 bits per heavy atom. The van der Waals surface area contributed by atoms with Crippen molar-refractivity contribution in [3.05, 3.63) is 28.8 Å². The van der Waals surface area contributed by atoms with Gasteiger partial charge in [0.15, 0.2) is 0 Å². The quantitative estimate of drug-likeness (QED) is 0.663. The van der Waals surface area contributed by atoms with Crippen molar-refractivity contribution in [2.24, 2.45) is 5.73 Å². The Hall–Kier alpha value is -1.06. The molecule has 0 aliphatic heterocycles. The summed E-state index contributed by atoms with van der Waals surface area (Å²) in [5.41, 5.74) is 7.50. The zero-order chi connectivity index (χ0) is 10.9. The van der Waals surface area contributed by atoms with Crippen molar-refractivity contribution in [1.29, 1.82) is 0 Å². The number of aromatic hydroxyl groups is 1. The van der Waals surface area contributed by atoms with E-state index in [1.807, 2.05) is 19.9 Å². The van der Waals surface area contributed by atoms with Crippen LogP contribution in [-0.4, -0.2) is 16.8 Å². The van der Waals surface area contributed by atoms with Gasteiger partial charge in [-0.1, -0.05) is 6.07 Å². The van der Waals surface area contributed by atoms with Crippen LogP contribution in [0.2, 0.25) is 0 Å². The zero-order valence-electron chi connectivity index (χ0n) is 8.83. The molecule has 1 atom stereocenters. The van der Waals surface area contributed by atoms with Gasteiger partial charge < -0.3 is 15.9 Å². The molecule has 0 aliphatic carbocycles. The summed E-state index contributed by atoms with van der Waals surface area (Å²) in [6, 6.07) is 3.60. The van der Waals surface area contributed by atoms with Gasteiger partial charge in [-0.15, -0.1) is 0 Å². The van der Waals surface area contributed by atoms with Crippen molar-refractivity contribution in [1.82, 2.24) is 0 Å². The molecule has 0 saturated heterocycles. The van der Waals surface area contributed by atoms with Gasteiger partial charge in [0.2, 0.25) is 0 Å². The smallest absolute Gasteiger partial charge is 0.121 e. The van der Waals surface area contributed by atoms with E-state index in [0.29, 0.717) is 5.56 Å². The van der Waals surface area contributed by atoms with E-state index in [-0.39, 0.29) is 12.4 Å². The summed E-state index contributed by atoms with van der Waals surface area (Å²) in [5, 5.41) is 18.9. The van der Waals surface area contributed by atoms with Crippen molar-refractivity contribution < 1.29 is 10.2 Å². The second-order valence-electron chi connectivity index (χ2n) is 4.05. The Morgan fingerprint density at radius 2 is 1.93 bits per heavy atom. The summed E-state index contributed by atoms with van der Waals surface area (Å²) in [5.74, 6) is 0.154. The molecular formula is C11H17NO2. The monoisotopic (exact) mass is 195 g/mol. The zero-order valence-corrected chi connectivity index (χ0v) is 8.83. The topological polar surface area (TPSA) is 66.5 Å². The van der Waals surface area contributed by atoms with E-state index in [4.69, 9.17) is 10.8 Å². The number of aliphatic hydroxyl groups is 1. The fourth-order valence-electron chi connectivity index (χ4n) is 1.77. The average molecular weight is 195 g/mol. The highest BCUT2D eigenvalue weighted by molar-refractivity contribution is 5.46. The summed E-state index contributed by atoms with van der Waals surface area (Å²) in [7, 11) is 0. The number of hydrogen-bond donors (Lipinski definition) is 3. The second kappa shape index (κ2) is 3.59. The van der Waals surface area contributed by atoms with E-state index in [0.717, 1.165) is 11.1 Å². The van der Waals surface area contributed by atoms with E-state index >= 15 is 0 Å². The molecule has 0 bridgehead atoms. The Balaban J connectivity index is 3.35. The van der Waals surface area contributed by atoms with Gasteiger partial charge in [-0.3, -0.25) is 0 Å². The normalized spacial score (nSPS) is 15.2. The van der Waals surface area contributed by atoms with Crippen molar-refractivity contribution >= 4 is 0 Å². The lowest BCUT2D eigenvalue weighted by atomic mass is 9.88. The molecule has 0 spiro atoms. The summed E-state index contributed by atoms with van der Waals surface area (Å²) < 4.78 is 0. The van der Waals surface area contributed by atoms with Gasteiger partial charge in [0, 0.05) is 5.56 Å². The minimum Gasteiger partial charge on any atom is -0.508 e. The highest BCUT2D eigenvalue weighted by atomic mass is 16.3. The SMILES string of the molecule is Cc1cc(C)c([C@](C)(N)CO)c(O)c1. The first-order chi connectivity index (χ1) is 6.38. The fraction of sp³-hybridized carbons (Fsp3) is 0.455. The maximum Gasteiger partial charge on any atom is 0.121 e. The molecule has 0 aromatic heterocycles. The van der Waals surface area contributed by atoms with E-state index in [1.54, 1.807) is 13.0 Å². The van der Waals surface area contributed by atoms with Crippen LogP contribution in [0.4, 0.5) is 0 Å². The molecule has 78 valence electrons. The maximum atomic E-state index is 9.75. The number of aliphatic hydroxyl groups excluding tert-OH is 1. The van der Waals surface area contributed by atoms with Gasteiger partial charge in [0.05, 0.1) is 12.1 Å². The molecular weight excluding hydrogens is 178 g/mol. The maximum absolute atomic E-state index is 9.75. The summed E-state index contributed by atoms with van der Waals surface area (Å²) >= 11 is 0. The van der Waals surface area contributed by atoms with E-state index in [1.165, 1.54) is 0 Å². The summed E-state index contributed by atoms with van der Waals surface area (Å²) in [6.07, 6.45) is 0. The van der Waals surface area contributed by atoms with Gasteiger partial charge in [-0.2, -0.15) is 0 Å². The van der Waals surface area contributed by atoms with Crippen LogP contribution in [0, 0.1) is 13.8 Å². The first-order valence-electron chi connectivity index (χ1n) is 4.59. The third-order valence-electron chi connectivity index (χ3n) is 2.36. The number of rotatable bonds is 2. The lowest BCUT2D eigenvalue weighted by molar-refractivity contribution is 0.206. The Labute approximate surface area is 84.2 Å². The fourth-order valence-corrected chi connectivity index (χ4v) is 1.77. The van der Waals surface area contributed by atoms with Gasteiger partial charge in [-0.25, -0.2) is 0 Å². The first kappa shape index (κ1) is 11.0. The predicted molar refractivity (Wildman–Crippen MR) is 56.2 cm³/mol. The van der Waals surface area contributed by atoms with Crippen LogP contribution in [0.3, 0.4) is 0 Å². The van der Waals surface area contributed by atoms with Crippen LogP contribution < -0.4 is 5.73 Å². The molecule has 0 amide bonds. The average Bonchev–Trinajstić information content (AvgIpc) is 2.01. The number of benzene rings is 1. The molecule has 3 heteroatoms. The van der Waals surface area contributed by atoms with Gasteiger partial charge in [0.25, 0.3) is 0 Å². The van der Waals surface area contributed by atoms with Crippen LogP contribution in [0.15, 0.2) is 12.1 Å². The third-order valence-corrected chi connectivity index (χ3v) is 2.36. The van der Waals surface area contributed by atoms with Crippen molar-refractivity contribution in [2.45, 2.75) is 26.3 Å². The summed E-state index contributed by atoms with van der Waals surface area (Å²) in [4.78, 5) is 0. The van der Waals surface area contributed by atoms with E-state index in [2.05, 4.69) is 0 Å². The third kappa shape index (κ3) is 1.89. The number of aryl methyl sites for hydroxylation is 2. The first-order valence-corrected chi connectivity index (χ1v) is 4.59. The van der Waals surface area contributed by atoms with Gasteiger partial charge >= 0.3 is 0 Å². The van der Waals surface area contributed by atoms with Gasteiger partial charge in [-0.05, 0) is 38.0 Å². The molecule has 0 unspecified atom stereocenters. The molecule has 14 heavy (non-hydrogen) atoms. The number of nitrogens with two attached hydrogens (primary N) is 1. The minimum atomic E-state index is -0.887. The van der Waals surface area contributed by atoms with Crippen molar-refractivity contribution in [3.8, 4) is 5.75 Å². The molecule has 4 N–H and O–H groups in total. The lowest BCUT2D eigenvalue weighted by Crippen LogP contribution is -2.37. The van der Waals surface area contributed by atoms with Gasteiger partial charge in [0.1, 0.15) is 5.75 Å². The van der Waals surface area contributed by atoms with E-state index in [9.17, 15) is 5.11 Å². The summed E-state index contributed by atoms with van der Waals surface area (Å²) in [6.45, 7) is 5.29. The molecule has 3 nitrogen and oxygen atoms in total. The van der Waals surface area contributed by atoms with Crippen LogP contribution in [0.1, 0.15) is 23.6 Å². The Bertz CT molecular complexity index is 322. The number of phenols is 1. The molecule has 1 aromatic rings. The van der Waals surface area contributed by atoms with Crippen LogP contribution >= 0.6 is 0 Å². The molecule has 0 heterocycles. The van der Waals surface area contributed by atoms with E-state index < -0.39 is 5.54 Å². The molecule has 1 aromatic carbocycles. The predicted octanol–water partition coefficient (Wildman–Crippen LogP) is 1.18. The van der Waals surface area contributed by atoms with Crippen molar-refractivity contribution in [3.63, 3.8) is 0 Å². The lowest BCUT2D eigenvalue weighted by Gasteiger charge is -2.25. The molecule has 0 fully saturated rings. The molecule has 0 saturated carbocycles. The molecule has 0 radical (unpaired) electrons. The van der Waals surface area contributed by atoms with Crippen molar-refractivity contribution in [2.75, 3.05) is 6.61 Å². The Kier molecular flexibility index (Phi) is 2.83. The Morgan fingerprint density at radius 1 is 1.36 bits per heavy atom. The number of phenolic OH excluding ortho intramolecular Hbond substituents is 1. The van der Waals surface area contributed by atoms with Crippen LogP contribution in [0.25, 0.3) is 0 Å². The minimum absolute atomic E-state index is 0.154. The second-order valence-corrected chi connectivity index (χ2v) is 4.05. The largest absolute Gasteiger partial charge is 0.508 e. The van der Waals surface area contributed by atoms with Crippen LogP contribution in [-0.2, 0) is 5.54 Å².